The van der Waals surface area contributed by atoms with Crippen LogP contribution in [0.5, 0.6) is 11.5 Å². The fourth-order valence-electron chi connectivity index (χ4n) is 2.06. The van der Waals surface area contributed by atoms with E-state index >= 15 is 0 Å². The van der Waals surface area contributed by atoms with Gasteiger partial charge in [0.15, 0.2) is 11.5 Å². The minimum Gasteiger partial charge on any atom is -0.493 e. The number of aliphatic hydroxyl groups is 1. The third kappa shape index (κ3) is 2.39. The van der Waals surface area contributed by atoms with E-state index in [1.165, 1.54) is 0 Å². The molecule has 0 saturated heterocycles. The van der Waals surface area contributed by atoms with Crippen molar-refractivity contribution >= 4 is 0 Å². The minimum absolute atomic E-state index is 0.1000. The van der Waals surface area contributed by atoms with Gasteiger partial charge in [0.2, 0.25) is 0 Å². The molecule has 3 heteroatoms. The predicted molar refractivity (Wildman–Crippen MR) is 69.1 cm³/mol. The highest BCUT2D eigenvalue weighted by Gasteiger charge is 2.25. The van der Waals surface area contributed by atoms with Crippen molar-refractivity contribution in [2.24, 2.45) is 0 Å². The Morgan fingerprint density at radius 2 is 1.71 bits per heavy atom. The molecule has 96 valence electrons. The monoisotopic (exact) mass is 238 g/mol. The Labute approximate surface area is 103 Å². The van der Waals surface area contributed by atoms with Crippen molar-refractivity contribution < 1.29 is 14.6 Å². The zero-order chi connectivity index (χ0) is 13.2. The van der Waals surface area contributed by atoms with Crippen LogP contribution in [0.3, 0.4) is 0 Å². The predicted octanol–water partition coefficient (Wildman–Crippen LogP) is 2.59. The second kappa shape index (κ2) is 4.96. The van der Waals surface area contributed by atoms with Crippen LogP contribution in [0.15, 0.2) is 6.07 Å². The minimum atomic E-state index is -0.283. The third-order valence-electron chi connectivity index (χ3n) is 3.35. The van der Waals surface area contributed by atoms with Crippen molar-refractivity contribution in [1.82, 2.24) is 0 Å². The quantitative estimate of drug-likeness (QED) is 0.876. The van der Waals surface area contributed by atoms with Gasteiger partial charge in [0.25, 0.3) is 0 Å². The maximum Gasteiger partial charge on any atom is 0.163 e. The van der Waals surface area contributed by atoms with E-state index in [1.54, 1.807) is 14.2 Å². The molecule has 0 aliphatic carbocycles. The third-order valence-corrected chi connectivity index (χ3v) is 3.35. The fourth-order valence-corrected chi connectivity index (χ4v) is 2.06. The molecule has 1 aromatic carbocycles. The molecule has 0 atom stereocenters. The van der Waals surface area contributed by atoms with Gasteiger partial charge in [-0.1, -0.05) is 13.8 Å². The lowest BCUT2D eigenvalue weighted by Gasteiger charge is -2.27. The molecule has 0 amide bonds. The van der Waals surface area contributed by atoms with Gasteiger partial charge >= 0.3 is 0 Å². The standard InChI is InChI=1S/C14H22O3/c1-9-10(2)13(17-6)12(16-5)7-11(9)14(3,4)8-15/h7,15H,8H2,1-6H3. The van der Waals surface area contributed by atoms with E-state index in [0.29, 0.717) is 5.75 Å². The van der Waals surface area contributed by atoms with Crippen molar-refractivity contribution in [3.63, 3.8) is 0 Å². The van der Waals surface area contributed by atoms with Crippen molar-refractivity contribution in [3.8, 4) is 11.5 Å². The molecule has 0 saturated carbocycles. The number of hydrogen-bond donors (Lipinski definition) is 1. The van der Waals surface area contributed by atoms with Crippen molar-refractivity contribution in [2.75, 3.05) is 20.8 Å². The van der Waals surface area contributed by atoms with Crippen molar-refractivity contribution in [2.45, 2.75) is 33.1 Å². The van der Waals surface area contributed by atoms with Gasteiger partial charge in [0.1, 0.15) is 0 Å². The summed E-state index contributed by atoms with van der Waals surface area (Å²) >= 11 is 0. The molecule has 0 bridgehead atoms. The first kappa shape index (κ1) is 13.8. The first-order valence-corrected chi connectivity index (χ1v) is 5.72. The topological polar surface area (TPSA) is 38.7 Å². The van der Waals surface area contributed by atoms with E-state index in [9.17, 15) is 5.11 Å². The van der Waals surface area contributed by atoms with E-state index < -0.39 is 0 Å². The Morgan fingerprint density at radius 3 is 2.12 bits per heavy atom. The number of hydrogen-bond acceptors (Lipinski definition) is 3. The molecular weight excluding hydrogens is 216 g/mol. The summed E-state index contributed by atoms with van der Waals surface area (Å²) in [4.78, 5) is 0. The number of benzene rings is 1. The highest BCUT2D eigenvalue weighted by atomic mass is 16.5. The van der Waals surface area contributed by atoms with Crippen LogP contribution in [0.4, 0.5) is 0 Å². The lowest BCUT2D eigenvalue weighted by atomic mass is 9.81. The maximum absolute atomic E-state index is 9.48. The highest BCUT2D eigenvalue weighted by Crippen LogP contribution is 2.39. The molecule has 0 fully saturated rings. The summed E-state index contributed by atoms with van der Waals surface area (Å²) in [5.74, 6) is 1.48. The first-order valence-electron chi connectivity index (χ1n) is 5.72. The Bertz CT molecular complexity index is 408. The molecule has 1 rings (SSSR count). The summed E-state index contributed by atoms with van der Waals surface area (Å²) in [7, 11) is 3.27. The Morgan fingerprint density at radius 1 is 1.12 bits per heavy atom. The summed E-state index contributed by atoms with van der Waals surface area (Å²) in [6.45, 7) is 8.18. The summed E-state index contributed by atoms with van der Waals surface area (Å²) in [6.07, 6.45) is 0. The molecule has 1 N–H and O–H groups in total. The molecule has 0 aromatic heterocycles. The van der Waals surface area contributed by atoms with Crippen molar-refractivity contribution in [3.05, 3.63) is 22.8 Å². The summed E-state index contributed by atoms with van der Waals surface area (Å²) in [5, 5.41) is 9.48. The SMILES string of the molecule is COc1cc(C(C)(C)CO)c(C)c(C)c1OC. The second-order valence-electron chi connectivity index (χ2n) is 4.95. The lowest BCUT2D eigenvalue weighted by Crippen LogP contribution is -2.24. The number of ether oxygens (including phenoxy) is 2. The zero-order valence-electron chi connectivity index (χ0n) is 11.5. The summed E-state index contributed by atoms with van der Waals surface area (Å²) in [6, 6.07) is 1.96. The number of methoxy groups -OCH3 is 2. The van der Waals surface area contributed by atoms with Crippen LogP contribution in [0, 0.1) is 13.8 Å². The van der Waals surface area contributed by atoms with Gasteiger partial charge in [-0.15, -0.1) is 0 Å². The fraction of sp³-hybridized carbons (Fsp3) is 0.571. The van der Waals surface area contributed by atoms with Gasteiger partial charge in [-0.05, 0) is 36.6 Å². The van der Waals surface area contributed by atoms with Gasteiger partial charge in [0, 0.05) is 5.41 Å². The average molecular weight is 238 g/mol. The van der Waals surface area contributed by atoms with E-state index in [0.717, 1.165) is 22.4 Å². The molecule has 1 aromatic rings. The van der Waals surface area contributed by atoms with E-state index in [1.807, 2.05) is 33.8 Å². The smallest absolute Gasteiger partial charge is 0.163 e. The highest BCUT2D eigenvalue weighted by molar-refractivity contribution is 5.55. The van der Waals surface area contributed by atoms with Crippen LogP contribution in [0.1, 0.15) is 30.5 Å². The van der Waals surface area contributed by atoms with Gasteiger partial charge < -0.3 is 14.6 Å². The van der Waals surface area contributed by atoms with Gasteiger partial charge in [-0.2, -0.15) is 0 Å². The largest absolute Gasteiger partial charge is 0.493 e. The average Bonchev–Trinajstić information content (AvgIpc) is 2.31. The van der Waals surface area contributed by atoms with Crippen LogP contribution in [-0.2, 0) is 5.41 Å². The van der Waals surface area contributed by atoms with E-state index in [2.05, 4.69) is 0 Å². The molecule has 0 aliphatic rings. The Kier molecular flexibility index (Phi) is 4.04. The molecule has 0 heterocycles. The van der Waals surface area contributed by atoms with Crippen LogP contribution in [0.25, 0.3) is 0 Å². The van der Waals surface area contributed by atoms with E-state index in [4.69, 9.17) is 9.47 Å². The van der Waals surface area contributed by atoms with E-state index in [-0.39, 0.29) is 12.0 Å². The number of aliphatic hydroxyl groups excluding tert-OH is 1. The van der Waals surface area contributed by atoms with Gasteiger partial charge in [-0.25, -0.2) is 0 Å². The lowest BCUT2D eigenvalue weighted by molar-refractivity contribution is 0.217. The van der Waals surface area contributed by atoms with Crippen LogP contribution < -0.4 is 9.47 Å². The molecule has 0 aliphatic heterocycles. The Balaban J connectivity index is 3.50. The van der Waals surface area contributed by atoms with Gasteiger partial charge in [-0.3, -0.25) is 0 Å². The molecule has 0 spiro atoms. The molecule has 0 unspecified atom stereocenters. The normalized spacial score (nSPS) is 11.5. The number of rotatable bonds is 4. The zero-order valence-corrected chi connectivity index (χ0v) is 11.5. The first-order chi connectivity index (χ1) is 7.88. The van der Waals surface area contributed by atoms with Crippen molar-refractivity contribution in [1.29, 1.82) is 0 Å². The second-order valence-corrected chi connectivity index (χ2v) is 4.95. The Hall–Kier alpha value is -1.22. The maximum atomic E-state index is 9.48. The molecule has 0 radical (unpaired) electrons. The summed E-state index contributed by atoms with van der Waals surface area (Å²) < 4.78 is 10.7. The molecule has 17 heavy (non-hydrogen) atoms. The van der Waals surface area contributed by atoms with Gasteiger partial charge in [0.05, 0.1) is 20.8 Å². The van der Waals surface area contributed by atoms with Crippen LogP contribution in [-0.4, -0.2) is 25.9 Å². The molecule has 3 nitrogen and oxygen atoms in total. The summed E-state index contributed by atoms with van der Waals surface area (Å²) in [5.41, 5.74) is 3.01. The van der Waals surface area contributed by atoms with Crippen LogP contribution >= 0.6 is 0 Å². The molecular formula is C14H22O3. The van der Waals surface area contributed by atoms with Crippen LogP contribution in [0.2, 0.25) is 0 Å².